The first-order valence-corrected chi connectivity index (χ1v) is 14.6. The minimum atomic E-state index is -0.712. The van der Waals surface area contributed by atoms with E-state index in [4.69, 9.17) is 4.74 Å². The van der Waals surface area contributed by atoms with Crippen LogP contribution in [0.25, 0.3) is 6.08 Å². The molecule has 0 fully saturated rings. The van der Waals surface area contributed by atoms with Gasteiger partial charge >= 0.3 is 5.97 Å². The predicted octanol–water partition coefficient (Wildman–Crippen LogP) is 5.47. The summed E-state index contributed by atoms with van der Waals surface area (Å²) in [5.74, 6) is -0.522. The number of thiazole rings is 1. The molecule has 0 aliphatic carbocycles. The highest BCUT2D eigenvalue weighted by Gasteiger charge is 2.33. The number of carbonyl (C=O) groups is 1. The van der Waals surface area contributed by atoms with Crippen molar-refractivity contribution in [1.29, 1.82) is 0 Å². The van der Waals surface area contributed by atoms with Crippen molar-refractivity contribution >= 4 is 40.8 Å². The van der Waals surface area contributed by atoms with Gasteiger partial charge in [-0.15, -0.1) is 0 Å². The number of hydrogen-bond donors (Lipinski definition) is 0. The molecule has 0 amide bonds. The van der Waals surface area contributed by atoms with E-state index < -0.39 is 16.9 Å². The third-order valence-corrected chi connectivity index (χ3v) is 8.69. The molecule has 2 heterocycles. The number of nitro benzene ring substituents is 1. The number of allylic oxidation sites excluding steroid dienone is 1. The summed E-state index contributed by atoms with van der Waals surface area (Å²) in [6, 6.07) is 19.6. The molecule has 3 aromatic carbocycles. The summed E-state index contributed by atoms with van der Waals surface area (Å²) in [6.45, 7) is 7.60. The van der Waals surface area contributed by atoms with E-state index in [1.165, 1.54) is 33.7 Å². The number of nitrogens with zero attached hydrogens (tertiary/aromatic N) is 3. The molecule has 0 bridgehead atoms. The summed E-state index contributed by atoms with van der Waals surface area (Å²) >= 11 is 2.49. The van der Waals surface area contributed by atoms with Gasteiger partial charge in [-0.05, 0) is 63.1 Å². The Morgan fingerprint density at radius 1 is 1.07 bits per heavy atom. The van der Waals surface area contributed by atoms with Crippen LogP contribution < -0.4 is 14.9 Å². The Labute approximate surface area is 244 Å². The molecule has 208 valence electrons. The molecule has 0 saturated carbocycles. The molecule has 0 N–H and O–H groups in total. The van der Waals surface area contributed by atoms with Crippen LogP contribution in [0.4, 0.5) is 5.69 Å². The lowest BCUT2D eigenvalue weighted by molar-refractivity contribution is -0.387. The molecule has 10 heteroatoms. The van der Waals surface area contributed by atoms with Gasteiger partial charge in [-0.25, -0.2) is 9.79 Å². The number of benzene rings is 3. The summed E-state index contributed by atoms with van der Waals surface area (Å²) < 4.78 is 7.20. The zero-order valence-electron chi connectivity index (χ0n) is 22.9. The highest BCUT2D eigenvalue weighted by molar-refractivity contribution is 7.99. The highest BCUT2D eigenvalue weighted by Crippen LogP contribution is 2.36. The summed E-state index contributed by atoms with van der Waals surface area (Å²) in [6.07, 6.45) is 1.63. The standard InChI is InChI=1S/C31H27N3O5S2/c1-5-39-30(36)27-20(4)32-31-33(28(27)22-11-6-18(2)7-12-22)29(35)26(41-31)17-21-10-15-25(24(16-21)34(37)38)40-23-13-8-19(3)9-14-23/h6-17,28H,5H2,1-4H3/b26-17+. The first-order chi connectivity index (χ1) is 19.7. The highest BCUT2D eigenvalue weighted by atomic mass is 32.2. The van der Waals surface area contributed by atoms with E-state index in [-0.39, 0.29) is 17.9 Å². The Morgan fingerprint density at radius 2 is 1.73 bits per heavy atom. The van der Waals surface area contributed by atoms with Gasteiger partial charge in [-0.3, -0.25) is 19.5 Å². The normalized spacial score (nSPS) is 14.9. The van der Waals surface area contributed by atoms with Crippen molar-refractivity contribution in [3.63, 3.8) is 0 Å². The quantitative estimate of drug-likeness (QED) is 0.162. The van der Waals surface area contributed by atoms with Gasteiger partial charge in [0.15, 0.2) is 4.80 Å². The summed E-state index contributed by atoms with van der Waals surface area (Å²) in [5, 5.41) is 12.0. The second-order valence-electron chi connectivity index (χ2n) is 9.61. The smallest absolute Gasteiger partial charge is 0.338 e. The number of rotatable bonds is 7. The second-order valence-corrected chi connectivity index (χ2v) is 11.7. The SMILES string of the molecule is CCOC(=O)C1=C(C)N=c2s/c(=C/c3ccc(Sc4ccc(C)cc4)c([N+](=O)[O-])c3)c(=O)n2C1c1ccc(C)cc1. The molecule has 41 heavy (non-hydrogen) atoms. The van der Waals surface area contributed by atoms with Crippen LogP contribution >= 0.6 is 23.1 Å². The Balaban J connectivity index is 1.61. The molecule has 0 spiro atoms. The summed E-state index contributed by atoms with van der Waals surface area (Å²) in [7, 11) is 0. The van der Waals surface area contributed by atoms with E-state index in [0.717, 1.165) is 21.6 Å². The average Bonchev–Trinajstić information content (AvgIpc) is 3.24. The topological polar surface area (TPSA) is 104 Å². The third kappa shape index (κ3) is 5.79. The lowest BCUT2D eigenvalue weighted by Gasteiger charge is -2.24. The van der Waals surface area contributed by atoms with Crippen molar-refractivity contribution in [1.82, 2.24) is 4.57 Å². The number of ether oxygens (including phenoxy) is 1. The molecule has 0 saturated heterocycles. The summed E-state index contributed by atoms with van der Waals surface area (Å²) in [4.78, 5) is 44.8. The third-order valence-electron chi connectivity index (χ3n) is 6.64. The van der Waals surface area contributed by atoms with E-state index in [0.29, 0.717) is 31.1 Å². The van der Waals surface area contributed by atoms with Gasteiger partial charge in [0.2, 0.25) is 0 Å². The minimum absolute atomic E-state index is 0.0462. The van der Waals surface area contributed by atoms with E-state index in [1.807, 2.05) is 62.4 Å². The van der Waals surface area contributed by atoms with Crippen molar-refractivity contribution in [2.75, 3.05) is 6.61 Å². The van der Waals surface area contributed by atoms with Crippen molar-refractivity contribution in [3.8, 4) is 0 Å². The predicted molar refractivity (Wildman–Crippen MR) is 160 cm³/mol. The van der Waals surface area contributed by atoms with Gasteiger partial charge in [0.25, 0.3) is 11.2 Å². The fourth-order valence-electron chi connectivity index (χ4n) is 4.59. The lowest BCUT2D eigenvalue weighted by Crippen LogP contribution is -2.39. The number of aryl methyl sites for hydroxylation is 2. The molecule has 1 aliphatic heterocycles. The lowest BCUT2D eigenvalue weighted by atomic mass is 9.95. The monoisotopic (exact) mass is 585 g/mol. The van der Waals surface area contributed by atoms with Crippen LogP contribution in [-0.2, 0) is 9.53 Å². The Kier molecular flexibility index (Phi) is 8.05. The maximum absolute atomic E-state index is 13.8. The molecule has 1 aromatic heterocycles. The Morgan fingerprint density at radius 3 is 2.37 bits per heavy atom. The molecule has 4 aromatic rings. The minimum Gasteiger partial charge on any atom is -0.463 e. The molecular formula is C31H27N3O5S2. The van der Waals surface area contributed by atoms with E-state index >= 15 is 0 Å². The van der Waals surface area contributed by atoms with Crippen LogP contribution in [0.1, 0.15) is 42.1 Å². The second kappa shape index (κ2) is 11.7. The zero-order chi connectivity index (χ0) is 29.3. The largest absolute Gasteiger partial charge is 0.463 e. The first-order valence-electron chi connectivity index (χ1n) is 13.0. The van der Waals surface area contributed by atoms with Crippen molar-refractivity contribution in [2.45, 2.75) is 43.5 Å². The number of aromatic nitrogens is 1. The van der Waals surface area contributed by atoms with E-state index in [2.05, 4.69) is 4.99 Å². The Hall–Kier alpha value is -4.28. The van der Waals surface area contributed by atoms with Crippen molar-refractivity contribution < 1.29 is 14.5 Å². The van der Waals surface area contributed by atoms with Crippen molar-refractivity contribution in [3.05, 3.63) is 130 Å². The zero-order valence-corrected chi connectivity index (χ0v) is 24.5. The van der Waals surface area contributed by atoms with Crippen LogP contribution in [0.15, 0.2) is 97.6 Å². The first kappa shape index (κ1) is 28.3. The van der Waals surface area contributed by atoms with Crippen LogP contribution in [0.5, 0.6) is 0 Å². The maximum atomic E-state index is 13.8. The van der Waals surface area contributed by atoms with Gasteiger partial charge in [0.1, 0.15) is 0 Å². The van der Waals surface area contributed by atoms with Gasteiger partial charge in [0, 0.05) is 11.0 Å². The Bertz CT molecular complexity index is 1870. The van der Waals surface area contributed by atoms with Crippen molar-refractivity contribution in [2.24, 2.45) is 4.99 Å². The van der Waals surface area contributed by atoms with Crippen LogP contribution in [0.3, 0.4) is 0 Å². The molecule has 1 atom stereocenters. The maximum Gasteiger partial charge on any atom is 0.338 e. The van der Waals surface area contributed by atoms with E-state index in [9.17, 15) is 19.7 Å². The van der Waals surface area contributed by atoms with Gasteiger partial charge in [0.05, 0.1) is 38.3 Å². The summed E-state index contributed by atoms with van der Waals surface area (Å²) in [5.41, 5.74) is 3.83. The van der Waals surface area contributed by atoms with Gasteiger partial charge in [-0.2, -0.15) is 0 Å². The van der Waals surface area contributed by atoms with Crippen LogP contribution in [-0.4, -0.2) is 22.1 Å². The fraction of sp³-hybridized carbons (Fsp3) is 0.194. The number of carbonyl (C=O) groups excluding carboxylic acids is 1. The molecule has 5 rings (SSSR count). The van der Waals surface area contributed by atoms with Gasteiger partial charge < -0.3 is 4.74 Å². The van der Waals surface area contributed by atoms with Crippen LogP contribution in [0, 0.1) is 24.0 Å². The average molecular weight is 586 g/mol. The number of nitro groups is 1. The van der Waals surface area contributed by atoms with E-state index in [1.54, 1.807) is 32.1 Å². The molecule has 8 nitrogen and oxygen atoms in total. The molecule has 1 unspecified atom stereocenters. The number of fused-ring (bicyclic) bond motifs is 1. The molecular weight excluding hydrogens is 558 g/mol. The molecule has 1 aliphatic rings. The van der Waals surface area contributed by atoms with Gasteiger partial charge in [-0.1, -0.05) is 76.7 Å². The number of hydrogen-bond acceptors (Lipinski definition) is 8. The fourth-order valence-corrected chi connectivity index (χ4v) is 6.54. The van der Waals surface area contributed by atoms with Crippen LogP contribution in [0.2, 0.25) is 0 Å². The number of esters is 1. The molecule has 0 radical (unpaired) electrons.